The second kappa shape index (κ2) is 3.05. The largest absolute Gasteiger partial charge is 0.382 e. The molecule has 1 aromatic heterocycles. The van der Waals surface area contributed by atoms with E-state index in [2.05, 4.69) is 30.9 Å². The molecule has 1 N–H and O–H groups in total. The molecule has 0 spiro atoms. The molecule has 0 unspecified atom stereocenters. The highest BCUT2D eigenvalue weighted by atomic mass is 16.3. The van der Waals surface area contributed by atoms with Crippen LogP contribution < -0.4 is 0 Å². The number of aliphatic hydroxyl groups is 1. The SMILES string of the molecule is Cn1nc(C(C)(C)C)nc1C(C)(C)O. The molecule has 1 heterocycles. The first-order chi connectivity index (χ1) is 6.12. The van der Waals surface area contributed by atoms with E-state index in [0.717, 1.165) is 5.82 Å². The van der Waals surface area contributed by atoms with E-state index in [-0.39, 0.29) is 5.41 Å². The molecule has 1 aromatic rings. The maximum absolute atomic E-state index is 9.83. The molecule has 0 atom stereocenters. The summed E-state index contributed by atoms with van der Waals surface area (Å²) in [6.45, 7) is 9.58. The summed E-state index contributed by atoms with van der Waals surface area (Å²) in [7, 11) is 1.80. The summed E-state index contributed by atoms with van der Waals surface area (Å²) >= 11 is 0. The van der Waals surface area contributed by atoms with Crippen molar-refractivity contribution < 1.29 is 5.11 Å². The molecule has 0 aliphatic rings. The highest BCUT2D eigenvalue weighted by molar-refractivity contribution is 5.07. The van der Waals surface area contributed by atoms with Crippen LogP contribution in [0.5, 0.6) is 0 Å². The summed E-state index contributed by atoms with van der Waals surface area (Å²) in [5.74, 6) is 1.36. The van der Waals surface area contributed by atoms with Crippen LogP contribution in [0.1, 0.15) is 46.3 Å². The summed E-state index contributed by atoms with van der Waals surface area (Å²) in [4.78, 5) is 4.35. The lowest BCUT2D eigenvalue weighted by molar-refractivity contribution is 0.0647. The molecule has 0 aliphatic heterocycles. The van der Waals surface area contributed by atoms with Crippen molar-refractivity contribution in [3.05, 3.63) is 11.6 Å². The van der Waals surface area contributed by atoms with Crippen LogP contribution in [-0.4, -0.2) is 19.9 Å². The highest BCUT2D eigenvalue weighted by Crippen LogP contribution is 2.22. The van der Waals surface area contributed by atoms with Gasteiger partial charge in [0.2, 0.25) is 0 Å². The van der Waals surface area contributed by atoms with Crippen LogP contribution in [-0.2, 0) is 18.1 Å². The standard InChI is InChI=1S/C10H19N3O/c1-9(2,3)7-11-8(10(4,5)14)13(6)12-7/h14H,1-6H3. The van der Waals surface area contributed by atoms with E-state index in [1.165, 1.54) is 0 Å². The number of aryl methyl sites for hydroxylation is 1. The Labute approximate surface area is 85.0 Å². The average molecular weight is 197 g/mol. The lowest BCUT2D eigenvalue weighted by Gasteiger charge is -2.15. The van der Waals surface area contributed by atoms with E-state index in [0.29, 0.717) is 5.82 Å². The number of aromatic nitrogens is 3. The van der Waals surface area contributed by atoms with Crippen molar-refractivity contribution in [1.29, 1.82) is 0 Å². The summed E-state index contributed by atoms with van der Waals surface area (Å²) in [5.41, 5.74) is -1.02. The molecule has 0 aliphatic carbocycles. The van der Waals surface area contributed by atoms with Gasteiger partial charge in [-0.1, -0.05) is 20.8 Å². The number of rotatable bonds is 1. The van der Waals surface area contributed by atoms with Gasteiger partial charge in [-0.15, -0.1) is 0 Å². The second-order valence-corrected chi connectivity index (χ2v) is 5.19. The zero-order valence-electron chi connectivity index (χ0n) is 9.79. The lowest BCUT2D eigenvalue weighted by atomic mass is 9.96. The second-order valence-electron chi connectivity index (χ2n) is 5.19. The van der Waals surface area contributed by atoms with Gasteiger partial charge in [0, 0.05) is 12.5 Å². The fourth-order valence-electron chi connectivity index (χ4n) is 1.23. The molecule has 0 radical (unpaired) electrons. The maximum atomic E-state index is 9.83. The molecule has 0 fully saturated rings. The van der Waals surface area contributed by atoms with E-state index in [9.17, 15) is 5.11 Å². The fourth-order valence-corrected chi connectivity index (χ4v) is 1.23. The Kier molecular flexibility index (Phi) is 2.44. The maximum Gasteiger partial charge on any atom is 0.158 e. The topological polar surface area (TPSA) is 50.9 Å². The van der Waals surface area contributed by atoms with Crippen molar-refractivity contribution in [3.8, 4) is 0 Å². The van der Waals surface area contributed by atoms with Crippen LogP contribution in [0.25, 0.3) is 0 Å². The van der Waals surface area contributed by atoms with E-state index >= 15 is 0 Å². The molecule has 80 valence electrons. The van der Waals surface area contributed by atoms with Gasteiger partial charge in [-0.25, -0.2) is 4.98 Å². The molecule has 4 nitrogen and oxygen atoms in total. The Morgan fingerprint density at radius 3 is 1.86 bits per heavy atom. The molecule has 0 saturated heterocycles. The monoisotopic (exact) mass is 197 g/mol. The van der Waals surface area contributed by atoms with Gasteiger partial charge in [-0.3, -0.25) is 4.68 Å². The zero-order chi connectivity index (χ0) is 11.1. The van der Waals surface area contributed by atoms with Crippen LogP contribution in [0.2, 0.25) is 0 Å². The molecule has 0 bridgehead atoms. The van der Waals surface area contributed by atoms with Gasteiger partial charge in [0.1, 0.15) is 5.60 Å². The summed E-state index contributed by atoms with van der Waals surface area (Å²) in [5, 5.41) is 14.1. The van der Waals surface area contributed by atoms with E-state index < -0.39 is 5.60 Å². The minimum Gasteiger partial charge on any atom is -0.382 e. The molecular formula is C10H19N3O. The average Bonchev–Trinajstić information content (AvgIpc) is 2.27. The van der Waals surface area contributed by atoms with Gasteiger partial charge >= 0.3 is 0 Å². The fraction of sp³-hybridized carbons (Fsp3) is 0.800. The first-order valence-corrected chi connectivity index (χ1v) is 4.77. The van der Waals surface area contributed by atoms with Crippen molar-refractivity contribution in [2.24, 2.45) is 7.05 Å². The normalized spacial score (nSPS) is 13.4. The molecule has 0 amide bonds. The Hall–Kier alpha value is -0.900. The minimum absolute atomic E-state index is 0.0821. The molecule has 4 heteroatoms. The molecule has 14 heavy (non-hydrogen) atoms. The highest BCUT2D eigenvalue weighted by Gasteiger charge is 2.27. The van der Waals surface area contributed by atoms with Crippen molar-refractivity contribution in [1.82, 2.24) is 14.8 Å². The first-order valence-electron chi connectivity index (χ1n) is 4.77. The van der Waals surface area contributed by atoms with Gasteiger partial charge in [0.15, 0.2) is 11.6 Å². The van der Waals surface area contributed by atoms with Crippen molar-refractivity contribution in [3.63, 3.8) is 0 Å². The Bertz CT molecular complexity index is 328. The summed E-state index contributed by atoms with van der Waals surface area (Å²) < 4.78 is 1.64. The minimum atomic E-state index is -0.939. The van der Waals surface area contributed by atoms with Gasteiger partial charge in [0.25, 0.3) is 0 Å². The van der Waals surface area contributed by atoms with Crippen molar-refractivity contribution in [2.75, 3.05) is 0 Å². The van der Waals surface area contributed by atoms with Crippen molar-refractivity contribution in [2.45, 2.75) is 45.6 Å². The smallest absolute Gasteiger partial charge is 0.158 e. The molecule has 0 saturated carbocycles. The van der Waals surface area contributed by atoms with E-state index in [1.54, 1.807) is 25.6 Å². The van der Waals surface area contributed by atoms with Gasteiger partial charge in [0.05, 0.1) is 0 Å². The quantitative estimate of drug-likeness (QED) is 0.739. The molecule has 1 rings (SSSR count). The van der Waals surface area contributed by atoms with Crippen LogP contribution in [0.3, 0.4) is 0 Å². The lowest BCUT2D eigenvalue weighted by Crippen LogP contribution is -2.21. The van der Waals surface area contributed by atoms with Crippen molar-refractivity contribution >= 4 is 0 Å². The van der Waals surface area contributed by atoms with Gasteiger partial charge in [-0.05, 0) is 13.8 Å². The van der Waals surface area contributed by atoms with E-state index in [1.807, 2.05) is 0 Å². The third-order valence-corrected chi connectivity index (χ3v) is 1.98. The number of hydrogen-bond acceptors (Lipinski definition) is 3. The van der Waals surface area contributed by atoms with Crippen LogP contribution >= 0.6 is 0 Å². The predicted molar refractivity (Wildman–Crippen MR) is 54.9 cm³/mol. The Morgan fingerprint density at radius 1 is 1.14 bits per heavy atom. The summed E-state index contributed by atoms with van der Waals surface area (Å²) in [6.07, 6.45) is 0. The number of nitrogens with zero attached hydrogens (tertiary/aromatic N) is 3. The third kappa shape index (κ3) is 2.12. The van der Waals surface area contributed by atoms with Crippen LogP contribution in [0.4, 0.5) is 0 Å². The van der Waals surface area contributed by atoms with E-state index in [4.69, 9.17) is 0 Å². The van der Waals surface area contributed by atoms with Gasteiger partial charge in [-0.2, -0.15) is 5.10 Å². The predicted octanol–water partition coefficient (Wildman–Crippen LogP) is 1.34. The van der Waals surface area contributed by atoms with Gasteiger partial charge < -0.3 is 5.11 Å². The molecule has 0 aromatic carbocycles. The zero-order valence-corrected chi connectivity index (χ0v) is 9.79. The summed E-state index contributed by atoms with van der Waals surface area (Å²) in [6, 6.07) is 0. The molecular weight excluding hydrogens is 178 g/mol. The van der Waals surface area contributed by atoms with Crippen LogP contribution in [0, 0.1) is 0 Å². The third-order valence-electron chi connectivity index (χ3n) is 1.98. The van der Waals surface area contributed by atoms with Crippen LogP contribution in [0.15, 0.2) is 0 Å². The Morgan fingerprint density at radius 2 is 1.64 bits per heavy atom. The number of hydrogen-bond donors (Lipinski definition) is 1. The Balaban J connectivity index is 3.19. The first kappa shape index (κ1) is 11.2.